The number of ether oxygens (including phenoxy) is 2. The van der Waals surface area contributed by atoms with Crippen molar-refractivity contribution in [3.8, 4) is 5.88 Å². The van der Waals surface area contributed by atoms with Crippen LogP contribution in [0.1, 0.15) is 102 Å². The Morgan fingerprint density at radius 1 is 0.912 bits per heavy atom. The summed E-state index contributed by atoms with van der Waals surface area (Å²) in [5, 5.41) is 4.98. The van der Waals surface area contributed by atoms with Crippen LogP contribution in [0.5, 0.6) is 5.88 Å². The minimum atomic E-state index is -3.93. The molecule has 8 rings (SSSR count). The summed E-state index contributed by atoms with van der Waals surface area (Å²) in [6, 6.07) is 5.51. The van der Waals surface area contributed by atoms with Crippen molar-refractivity contribution < 1.29 is 45.9 Å². The van der Waals surface area contributed by atoms with Crippen molar-refractivity contribution in [2.45, 2.75) is 125 Å². The van der Waals surface area contributed by atoms with Gasteiger partial charge in [-0.1, -0.05) is 50.3 Å². The number of alkyl halides is 2. The molecule has 1 aromatic heterocycles. The Kier molecular flexibility index (Phi) is 10.7. The Bertz CT molecular complexity index is 2060. The highest BCUT2D eigenvalue weighted by Gasteiger charge is 2.62. The van der Waals surface area contributed by atoms with E-state index in [0.717, 1.165) is 44.6 Å². The van der Waals surface area contributed by atoms with Gasteiger partial charge in [-0.05, 0) is 88.3 Å². The van der Waals surface area contributed by atoms with Crippen LogP contribution in [0.3, 0.4) is 0 Å². The van der Waals surface area contributed by atoms with Gasteiger partial charge in [0, 0.05) is 12.0 Å². The average molecular weight is 813 g/mol. The molecule has 5 fully saturated rings. The van der Waals surface area contributed by atoms with Crippen molar-refractivity contribution in [1.29, 1.82) is 0 Å². The third-order valence-corrected chi connectivity index (χ3v) is 14.4. The number of fused-ring (bicyclic) bond motifs is 7. The first kappa shape index (κ1) is 39.4. The molecule has 3 saturated carbocycles. The number of allylic oxidation sites excluding steroid dienone is 2. The van der Waals surface area contributed by atoms with E-state index in [9.17, 15) is 27.6 Å². The molecule has 0 radical (unpaired) electrons. The van der Waals surface area contributed by atoms with Crippen LogP contribution in [0.4, 0.5) is 13.6 Å². The van der Waals surface area contributed by atoms with Gasteiger partial charge in [0.05, 0.1) is 35.4 Å². The highest BCUT2D eigenvalue weighted by Crippen LogP contribution is 2.50. The van der Waals surface area contributed by atoms with E-state index in [0.29, 0.717) is 51.4 Å². The third-order valence-electron chi connectivity index (χ3n) is 12.6. The second kappa shape index (κ2) is 15.4. The molecule has 6 aliphatic rings. The maximum absolute atomic E-state index is 16.2. The van der Waals surface area contributed by atoms with Crippen LogP contribution in [0.2, 0.25) is 0 Å². The summed E-state index contributed by atoms with van der Waals surface area (Å²) in [5.41, 5.74) is -2.01. The van der Waals surface area contributed by atoms with Crippen molar-refractivity contribution in [1.82, 2.24) is 30.2 Å². The topological polar surface area (TPSA) is 186 Å². The highest BCUT2D eigenvalue weighted by atomic mass is 32.2. The number of para-hydroxylation sites is 2. The number of nitrogens with one attached hydrogen (secondary N) is 3. The summed E-state index contributed by atoms with van der Waals surface area (Å²) in [6.45, 7) is -0.321. The Labute approximate surface area is 330 Å². The van der Waals surface area contributed by atoms with Gasteiger partial charge in [-0.3, -0.25) is 19.1 Å². The average Bonchev–Trinajstić information content (AvgIpc) is 4.10. The molecule has 2 saturated heterocycles. The lowest BCUT2D eigenvalue weighted by atomic mass is 10.00. The summed E-state index contributed by atoms with van der Waals surface area (Å²) in [4.78, 5) is 66.0. The van der Waals surface area contributed by atoms with E-state index < -0.39 is 80.2 Å². The summed E-state index contributed by atoms with van der Waals surface area (Å²) in [7, 11) is -3.93. The normalized spacial score (nSPS) is 31.3. The number of benzene rings is 1. The molecule has 4 amide bonds. The van der Waals surface area contributed by atoms with Crippen LogP contribution < -0.4 is 20.1 Å². The SMILES string of the molecule is O=C1N[C@H]2CCCCCCC[C@@H]3C[C@]3(C(=O)NS(=O)(=O)C3CC3)NC(=O)C3CN(C[C@@H]3Oc3nc4ccccc4nc3C(F)(F)/C=C/CCCC3(CC3)CO1)C2=O. The van der Waals surface area contributed by atoms with Crippen LogP contribution in [0.15, 0.2) is 36.4 Å². The minimum Gasteiger partial charge on any atom is -0.470 e. The van der Waals surface area contributed by atoms with Crippen molar-refractivity contribution in [2.75, 3.05) is 19.7 Å². The number of rotatable bonds is 3. The van der Waals surface area contributed by atoms with E-state index in [2.05, 4.69) is 25.3 Å². The minimum absolute atomic E-state index is 0.149. The van der Waals surface area contributed by atoms with E-state index in [1.807, 2.05) is 0 Å². The first-order valence-corrected chi connectivity index (χ1v) is 21.9. The molecule has 1 aromatic carbocycles. The van der Waals surface area contributed by atoms with Gasteiger partial charge in [0.15, 0.2) is 5.69 Å². The molecule has 3 aliphatic heterocycles. The zero-order valence-electron chi connectivity index (χ0n) is 31.9. The third kappa shape index (κ3) is 8.58. The van der Waals surface area contributed by atoms with Crippen LogP contribution in [0.25, 0.3) is 11.0 Å². The van der Waals surface area contributed by atoms with Gasteiger partial charge in [-0.15, -0.1) is 0 Å². The number of nitrogens with zero attached hydrogens (tertiary/aromatic N) is 3. The number of carbonyl (C=O) groups is 4. The maximum atomic E-state index is 16.2. The highest BCUT2D eigenvalue weighted by molar-refractivity contribution is 7.91. The monoisotopic (exact) mass is 812 g/mol. The molecule has 3 aliphatic carbocycles. The van der Waals surface area contributed by atoms with E-state index >= 15 is 8.78 Å². The van der Waals surface area contributed by atoms with Gasteiger partial charge in [-0.25, -0.2) is 23.2 Å². The fraction of sp³-hybridized carbons (Fsp3) is 0.650. The predicted octanol–water partition coefficient (Wildman–Crippen LogP) is 4.77. The van der Waals surface area contributed by atoms with Gasteiger partial charge in [0.25, 0.3) is 5.91 Å². The summed E-state index contributed by atoms with van der Waals surface area (Å²) in [6.07, 6.45) is 9.27. The Hall–Kier alpha value is -4.41. The Morgan fingerprint density at radius 3 is 2.37 bits per heavy atom. The first-order chi connectivity index (χ1) is 27.3. The zero-order valence-corrected chi connectivity index (χ0v) is 32.7. The maximum Gasteiger partial charge on any atom is 0.407 e. The molecule has 308 valence electrons. The van der Waals surface area contributed by atoms with Gasteiger partial charge in [-0.2, -0.15) is 8.78 Å². The van der Waals surface area contributed by atoms with Gasteiger partial charge >= 0.3 is 12.0 Å². The van der Waals surface area contributed by atoms with Crippen LogP contribution >= 0.6 is 0 Å². The molecule has 14 nitrogen and oxygen atoms in total. The Balaban J connectivity index is 1.16. The van der Waals surface area contributed by atoms with Crippen molar-refractivity contribution in [3.63, 3.8) is 0 Å². The fourth-order valence-electron chi connectivity index (χ4n) is 8.61. The number of amides is 4. The van der Waals surface area contributed by atoms with E-state index in [-0.39, 0.29) is 48.5 Å². The van der Waals surface area contributed by atoms with E-state index in [1.54, 1.807) is 24.3 Å². The summed E-state index contributed by atoms with van der Waals surface area (Å²) in [5.74, 6) is -7.68. The number of cyclic esters (lactones) is 1. The fourth-order valence-corrected chi connectivity index (χ4v) is 9.97. The quantitative estimate of drug-likeness (QED) is 0.365. The van der Waals surface area contributed by atoms with Gasteiger partial charge in [0.1, 0.15) is 17.7 Å². The lowest BCUT2D eigenvalue weighted by Gasteiger charge is -2.25. The second-order valence-electron chi connectivity index (χ2n) is 16.9. The number of aromatic nitrogens is 2. The molecular weight excluding hydrogens is 763 g/mol. The molecule has 1 spiro atoms. The van der Waals surface area contributed by atoms with Crippen LogP contribution in [-0.2, 0) is 35.1 Å². The summed E-state index contributed by atoms with van der Waals surface area (Å²) < 4.78 is 72.4. The molecule has 17 heteroatoms. The molecule has 2 aromatic rings. The largest absolute Gasteiger partial charge is 0.470 e. The molecule has 3 N–H and O–H groups in total. The smallest absolute Gasteiger partial charge is 0.407 e. The van der Waals surface area contributed by atoms with E-state index in [4.69, 9.17) is 9.47 Å². The molecule has 1 unspecified atom stereocenters. The lowest BCUT2D eigenvalue weighted by molar-refractivity contribution is -0.134. The molecule has 4 bridgehead atoms. The number of hydrogen-bond acceptors (Lipinski definition) is 10. The molecule has 57 heavy (non-hydrogen) atoms. The van der Waals surface area contributed by atoms with Crippen molar-refractivity contribution >= 4 is 44.9 Å². The molecular formula is C40H50F2N6O8S. The summed E-state index contributed by atoms with van der Waals surface area (Å²) >= 11 is 0. The van der Waals surface area contributed by atoms with Crippen molar-refractivity contribution in [3.05, 3.63) is 42.1 Å². The standard InChI is InChI=1S/C40H50F2N6O8S/c41-40(42)18-10-4-9-17-38(19-20-38)24-55-37(52)45-30-14-6-3-1-2-5-11-25-21-39(25,36(51)47-57(53,54)26-15-16-26)46-33(49)27-22-48(35(30)50)23-31(27)56-34-32(40)43-28-12-7-8-13-29(28)44-34/h7-8,10,12-13,18,25-27,30-31H,1-6,9,11,14-17,19-24H2,(H,45,52)(H,46,49)(H,47,51)/b18-10+/t25-,27?,30+,31+,39+/m1/s1. The number of sulfonamides is 1. The van der Waals surface area contributed by atoms with Gasteiger partial charge < -0.3 is 25.0 Å². The van der Waals surface area contributed by atoms with Gasteiger partial charge in [0.2, 0.25) is 27.7 Å². The van der Waals surface area contributed by atoms with Crippen molar-refractivity contribution in [2.24, 2.45) is 17.3 Å². The lowest BCUT2D eigenvalue weighted by Crippen LogP contribution is -2.55. The van der Waals surface area contributed by atoms with Crippen LogP contribution in [-0.4, -0.2) is 89.7 Å². The zero-order chi connectivity index (χ0) is 40.0. The number of halogens is 2. The number of carbonyl (C=O) groups excluding carboxylic acids is 4. The first-order valence-electron chi connectivity index (χ1n) is 20.4. The van der Waals surface area contributed by atoms with E-state index in [1.165, 1.54) is 11.0 Å². The Morgan fingerprint density at radius 2 is 1.63 bits per heavy atom. The molecule has 5 atom stereocenters. The second-order valence-corrected chi connectivity index (χ2v) is 18.9. The predicted molar refractivity (Wildman–Crippen MR) is 202 cm³/mol. The number of hydrogen-bond donors (Lipinski definition) is 3. The number of alkyl carbamates (subject to hydrolysis) is 1. The molecule has 4 heterocycles. The van der Waals surface area contributed by atoms with Crippen LogP contribution in [0, 0.1) is 17.3 Å².